The van der Waals surface area contributed by atoms with Crippen LogP contribution in [0.15, 0.2) is 12.7 Å². The van der Waals surface area contributed by atoms with Gasteiger partial charge in [-0.15, -0.1) is 6.58 Å². The van der Waals surface area contributed by atoms with Crippen molar-refractivity contribution in [3.8, 4) is 0 Å². The number of hydrogen-bond acceptors (Lipinski definition) is 4. The first kappa shape index (κ1) is 15.9. The van der Waals surface area contributed by atoms with Crippen LogP contribution in [-0.4, -0.2) is 36.2 Å². The van der Waals surface area contributed by atoms with E-state index >= 15 is 0 Å². The molecule has 1 heterocycles. The Morgan fingerprint density at radius 1 is 1.56 bits per heavy atom. The lowest BCUT2D eigenvalue weighted by Crippen LogP contribution is -2.23. The van der Waals surface area contributed by atoms with Crippen LogP contribution in [0.2, 0.25) is 0 Å². The summed E-state index contributed by atoms with van der Waals surface area (Å²) < 4.78 is 27.6. The molecule has 0 spiro atoms. The van der Waals surface area contributed by atoms with Gasteiger partial charge in [-0.2, -0.15) is 0 Å². The molecule has 5 nitrogen and oxygen atoms in total. The van der Waals surface area contributed by atoms with Crippen molar-refractivity contribution >= 4 is 7.60 Å². The third kappa shape index (κ3) is 6.12. The van der Waals surface area contributed by atoms with Crippen LogP contribution in [0, 0.1) is 0 Å². The summed E-state index contributed by atoms with van der Waals surface area (Å²) in [4.78, 5) is 9.62. The first-order chi connectivity index (χ1) is 8.35. The van der Waals surface area contributed by atoms with E-state index in [1.54, 1.807) is 19.9 Å². The predicted molar refractivity (Wildman–Crippen MR) is 69.6 cm³/mol. The minimum absolute atomic E-state index is 0.0959. The monoisotopic (exact) mass is 278 g/mol. The van der Waals surface area contributed by atoms with Crippen molar-refractivity contribution in [2.75, 3.05) is 19.4 Å². The summed E-state index contributed by atoms with van der Waals surface area (Å²) in [5, 5.41) is 0. The average Bonchev–Trinajstić information content (AvgIpc) is 2.62. The lowest BCUT2D eigenvalue weighted by molar-refractivity contribution is -0.141. The summed E-state index contributed by atoms with van der Waals surface area (Å²) in [7, 11) is -3.50. The molecule has 0 aromatic carbocycles. The first-order valence-electron chi connectivity index (χ1n) is 6.24. The molecular weight excluding hydrogens is 255 g/mol. The van der Waals surface area contributed by atoms with Gasteiger partial charge in [0.15, 0.2) is 5.79 Å². The molecule has 1 unspecified atom stereocenters. The molecular formula is C12H23O5P. The van der Waals surface area contributed by atoms with E-state index in [0.29, 0.717) is 13.0 Å². The summed E-state index contributed by atoms with van der Waals surface area (Å²) in [6, 6.07) is 0. The number of ether oxygens (including phenoxy) is 2. The van der Waals surface area contributed by atoms with Gasteiger partial charge in [0, 0.05) is 6.16 Å². The van der Waals surface area contributed by atoms with Gasteiger partial charge in [0.25, 0.3) is 0 Å². The summed E-state index contributed by atoms with van der Waals surface area (Å²) in [6.07, 6.45) is 4.08. The molecule has 0 saturated carbocycles. The molecule has 0 aliphatic carbocycles. The highest BCUT2D eigenvalue weighted by atomic mass is 31.2. The number of unbranched alkanes of at least 4 members (excludes halogenated alkanes) is 2. The predicted octanol–water partition coefficient (Wildman–Crippen LogP) is 2.70. The Balaban J connectivity index is 2.21. The molecule has 2 atom stereocenters. The highest BCUT2D eigenvalue weighted by Gasteiger charge is 2.34. The summed E-state index contributed by atoms with van der Waals surface area (Å²) in [6.45, 7) is 7.70. The van der Waals surface area contributed by atoms with Crippen LogP contribution in [0.4, 0.5) is 0 Å². The topological polar surface area (TPSA) is 65.0 Å². The van der Waals surface area contributed by atoms with E-state index in [1.165, 1.54) is 0 Å². The Hall–Kier alpha value is -0.190. The molecule has 1 aliphatic rings. The maximum Gasteiger partial charge on any atom is 0.328 e. The standard InChI is InChI=1S/C12H23O5P/c1-4-5-6-7-8-18(13,14)16-10-11-9-15-12(2,3)17-11/h4,11H,1,5-10H2,2-3H3,(H,13,14)/t11-/m0/s1. The van der Waals surface area contributed by atoms with Crippen LogP contribution in [0.5, 0.6) is 0 Å². The fourth-order valence-electron chi connectivity index (χ4n) is 1.71. The van der Waals surface area contributed by atoms with Gasteiger partial charge in [0.05, 0.1) is 13.2 Å². The van der Waals surface area contributed by atoms with Crippen molar-refractivity contribution in [3.05, 3.63) is 12.7 Å². The van der Waals surface area contributed by atoms with E-state index in [-0.39, 0.29) is 18.9 Å². The third-order valence-electron chi connectivity index (χ3n) is 2.63. The fraction of sp³-hybridized carbons (Fsp3) is 0.833. The Labute approximate surface area is 109 Å². The molecule has 18 heavy (non-hydrogen) atoms. The lowest BCUT2D eigenvalue weighted by atomic mass is 10.2. The Kier molecular flexibility index (Phi) is 6.02. The normalized spacial score (nSPS) is 25.8. The number of allylic oxidation sites excluding steroid dienone is 1. The van der Waals surface area contributed by atoms with Crippen LogP contribution in [0.1, 0.15) is 33.1 Å². The molecule has 1 fully saturated rings. The van der Waals surface area contributed by atoms with Gasteiger partial charge in [-0.25, -0.2) is 0 Å². The van der Waals surface area contributed by atoms with Gasteiger partial charge >= 0.3 is 7.60 Å². The Morgan fingerprint density at radius 3 is 2.83 bits per heavy atom. The highest BCUT2D eigenvalue weighted by molar-refractivity contribution is 7.52. The zero-order valence-electron chi connectivity index (χ0n) is 11.1. The minimum atomic E-state index is -3.50. The third-order valence-corrected chi connectivity index (χ3v) is 4.06. The van der Waals surface area contributed by atoms with E-state index in [9.17, 15) is 9.46 Å². The Bertz CT molecular complexity index is 316. The van der Waals surface area contributed by atoms with Crippen LogP contribution >= 0.6 is 7.60 Å². The second kappa shape index (κ2) is 6.83. The van der Waals surface area contributed by atoms with Crippen molar-refractivity contribution in [1.29, 1.82) is 0 Å². The van der Waals surface area contributed by atoms with E-state index in [2.05, 4.69) is 6.58 Å². The van der Waals surface area contributed by atoms with Gasteiger partial charge in [0.2, 0.25) is 0 Å². The second-order valence-electron chi connectivity index (χ2n) is 4.89. The van der Waals surface area contributed by atoms with Gasteiger partial charge in [0.1, 0.15) is 6.10 Å². The van der Waals surface area contributed by atoms with E-state index < -0.39 is 13.4 Å². The van der Waals surface area contributed by atoms with Gasteiger partial charge in [-0.3, -0.25) is 4.57 Å². The zero-order chi connectivity index (χ0) is 13.6. The molecule has 0 aromatic heterocycles. The van der Waals surface area contributed by atoms with Crippen LogP contribution in [0.3, 0.4) is 0 Å². The van der Waals surface area contributed by atoms with Crippen molar-refractivity contribution < 1.29 is 23.5 Å². The van der Waals surface area contributed by atoms with Crippen molar-refractivity contribution in [3.63, 3.8) is 0 Å². The molecule has 6 heteroatoms. The van der Waals surface area contributed by atoms with E-state index in [0.717, 1.165) is 12.8 Å². The molecule has 0 aromatic rings. The molecule has 0 bridgehead atoms. The highest BCUT2D eigenvalue weighted by Crippen LogP contribution is 2.43. The minimum Gasteiger partial charge on any atom is -0.348 e. The average molecular weight is 278 g/mol. The van der Waals surface area contributed by atoms with Gasteiger partial charge in [-0.05, 0) is 33.1 Å². The largest absolute Gasteiger partial charge is 0.348 e. The maximum atomic E-state index is 11.7. The van der Waals surface area contributed by atoms with Gasteiger partial charge < -0.3 is 18.9 Å². The molecule has 1 aliphatic heterocycles. The fourth-order valence-corrected chi connectivity index (χ4v) is 2.86. The maximum absolute atomic E-state index is 11.7. The quantitative estimate of drug-likeness (QED) is 0.420. The molecule has 106 valence electrons. The number of hydrogen-bond donors (Lipinski definition) is 1. The summed E-state index contributed by atoms with van der Waals surface area (Å²) >= 11 is 0. The molecule has 1 saturated heterocycles. The second-order valence-corrected chi connectivity index (χ2v) is 6.87. The Morgan fingerprint density at radius 2 is 2.28 bits per heavy atom. The summed E-state index contributed by atoms with van der Waals surface area (Å²) in [5.74, 6) is -0.628. The van der Waals surface area contributed by atoms with Crippen molar-refractivity contribution in [2.24, 2.45) is 0 Å². The first-order valence-corrected chi connectivity index (χ1v) is 8.00. The van der Waals surface area contributed by atoms with Gasteiger partial charge in [-0.1, -0.05) is 6.08 Å². The SMILES string of the molecule is C=CCCCCP(=O)(O)OC[C@@H]1COC(C)(C)O1. The molecule has 1 N–H and O–H groups in total. The smallest absolute Gasteiger partial charge is 0.328 e. The lowest BCUT2D eigenvalue weighted by Gasteiger charge is -2.18. The van der Waals surface area contributed by atoms with Crippen molar-refractivity contribution in [1.82, 2.24) is 0 Å². The molecule has 1 rings (SSSR count). The van der Waals surface area contributed by atoms with Crippen LogP contribution < -0.4 is 0 Å². The van der Waals surface area contributed by atoms with Crippen LogP contribution in [0.25, 0.3) is 0 Å². The molecule has 0 amide bonds. The molecule has 0 radical (unpaired) electrons. The number of rotatable bonds is 8. The van der Waals surface area contributed by atoms with Crippen molar-refractivity contribution in [2.45, 2.75) is 45.0 Å². The van der Waals surface area contributed by atoms with E-state index in [4.69, 9.17) is 14.0 Å². The van der Waals surface area contributed by atoms with Crippen LogP contribution in [-0.2, 0) is 18.6 Å². The zero-order valence-corrected chi connectivity index (χ0v) is 12.0. The summed E-state index contributed by atoms with van der Waals surface area (Å²) in [5.41, 5.74) is 0. The van der Waals surface area contributed by atoms with E-state index in [1.807, 2.05) is 0 Å².